The zero-order valence-corrected chi connectivity index (χ0v) is 14.8. The summed E-state index contributed by atoms with van der Waals surface area (Å²) in [6.07, 6.45) is 1.03. The third kappa shape index (κ3) is 5.02. The monoisotopic (exact) mass is 337 g/mol. The smallest absolute Gasteiger partial charge is 0.248 e. The largest absolute Gasteiger partial charge is 0.381 e. The van der Waals surface area contributed by atoms with Crippen molar-refractivity contribution in [2.24, 2.45) is 5.92 Å². The Morgan fingerprint density at radius 3 is 2.67 bits per heavy atom. The van der Waals surface area contributed by atoms with E-state index in [0.29, 0.717) is 32.3 Å². The van der Waals surface area contributed by atoms with Crippen LogP contribution >= 0.6 is 0 Å². The molecule has 4 nitrogen and oxygen atoms in total. The SMILES string of the molecule is CC(C)CO[C@H](C)C(=O)NCC1(c2cccc(F)c2)CCOCC1. The molecular weight excluding hydrogens is 309 g/mol. The molecule has 1 aliphatic rings. The molecule has 1 saturated heterocycles. The van der Waals surface area contributed by atoms with E-state index in [1.165, 1.54) is 6.07 Å². The minimum Gasteiger partial charge on any atom is -0.381 e. The van der Waals surface area contributed by atoms with Gasteiger partial charge in [0.15, 0.2) is 0 Å². The molecule has 0 radical (unpaired) electrons. The van der Waals surface area contributed by atoms with Crippen LogP contribution in [-0.4, -0.2) is 38.4 Å². The number of rotatable bonds is 7. The number of benzene rings is 1. The second-order valence-electron chi connectivity index (χ2n) is 6.99. The van der Waals surface area contributed by atoms with Crippen molar-refractivity contribution in [2.75, 3.05) is 26.4 Å². The summed E-state index contributed by atoms with van der Waals surface area (Å²) < 4.78 is 24.7. The van der Waals surface area contributed by atoms with Crippen LogP contribution in [0.15, 0.2) is 24.3 Å². The van der Waals surface area contributed by atoms with E-state index in [0.717, 1.165) is 18.4 Å². The Labute approximate surface area is 143 Å². The van der Waals surface area contributed by atoms with E-state index >= 15 is 0 Å². The maximum absolute atomic E-state index is 13.7. The first-order valence-corrected chi connectivity index (χ1v) is 8.66. The second-order valence-corrected chi connectivity index (χ2v) is 6.99. The van der Waals surface area contributed by atoms with Gasteiger partial charge in [-0.15, -0.1) is 0 Å². The summed E-state index contributed by atoms with van der Waals surface area (Å²) in [5.41, 5.74) is 0.634. The van der Waals surface area contributed by atoms with E-state index in [1.807, 2.05) is 19.9 Å². The first-order chi connectivity index (χ1) is 11.4. The lowest BCUT2D eigenvalue weighted by Gasteiger charge is -2.38. The quantitative estimate of drug-likeness (QED) is 0.832. The summed E-state index contributed by atoms with van der Waals surface area (Å²) in [6.45, 7) is 8.11. The number of carbonyl (C=O) groups is 1. The molecular formula is C19H28FNO3. The molecule has 0 spiro atoms. The fourth-order valence-electron chi connectivity index (χ4n) is 2.96. The molecule has 1 N–H and O–H groups in total. The van der Waals surface area contributed by atoms with Gasteiger partial charge in [0.1, 0.15) is 11.9 Å². The highest BCUT2D eigenvalue weighted by Crippen LogP contribution is 2.34. The van der Waals surface area contributed by atoms with E-state index in [-0.39, 0.29) is 17.1 Å². The molecule has 5 heteroatoms. The molecule has 1 aliphatic heterocycles. The standard InChI is InChI=1S/C19H28FNO3/c1-14(2)12-24-15(3)18(22)21-13-19(7-9-23-10-8-19)16-5-4-6-17(20)11-16/h4-6,11,14-15H,7-10,12-13H2,1-3H3,(H,21,22)/t15-/m1/s1. The summed E-state index contributed by atoms with van der Waals surface area (Å²) in [5.74, 6) is 0.00521. The molecule has 0 aliphatic carbocycles. The molecule has 134 valence electrons. The maximum atomic E-state index is 13.7. The molecule has 1 aromatic carbocycles. The van der Waals surface area contributed by atoms with E-state index in [2.05, 4.69) is 5.32 Å². The number of halogens is 1. The number of hydrogen-bond acceptors (Lipinski definition) is 3. The first-order valence-electron chi connectivity index (χ1n) is 8.66. The average molecular weight is 337 g/mol. The van der Waals surface area contributed by atoms with Crippen LogP contribution in [0.4, 0.5) is 4.39 Å². The minimum absolute atomic E-state index is 0.127. The summed E-state index contributed by atoms with van der Waals surface area (Å²) in [4.78, 5) is 12.3. The van der Waals surface area contributed by atoms with Gasteiger partial charge in [-0.3, -0.25) is 4.79 Å². The molecule has 0 bridgehead atoms. The summed E-state index contributed by atoms with van der Waals surface area (Å²) in [5, 5.41) is 2.99. The van der Waals surface area contributed by atoms with Crippen molar-refractivity contribution in [2.45, 2.75) is 45.1 Å². The summed E-state index contributed by atoms with van der Waals surface area (Å²) >= 11 is 0. The van der Waals surface area contributed by atoms with Crippen molar-refractivity contribution in [1.82, 2.24) is 5.32 Å². The Morgan fingerprint density at radius 1 is 1.33 bits per heavy atom. The predicted molar refractivity (Wildman–Crippen MR) is 91.4 cm³/mol. The Balaban J connectivity index is 2.03. The van der Waals surface area contributed by atoms with Crippen molar-refractivity contribution < 1.29 is 18.7 Å². The fourth-order valence-corrected chi connectivity index (χ4v) is 2.96. The van der Waals surface area contributed by atoms with Crippen LogP contribution < -0.4 is 5.32 Å². The maximum Gasteiger partial charge on any atom is 0.248 e. The topological polar surface area (TPSA) is 47.6 Å². The third-order valence-electron chi connectivity index (χ3n) is 4.54. The van der Waals surface area contributed by atoms with Crippen molar-refractivity contribution in [3.8, 4) is 0 Å². The molecule has 1 atom stereocenters. The molecule has 1 aromatic rings. The van der Waals surface area contributed by atoms with Gasteiger partial charge in [-0.25, -0.2) is 4.39 Å². The fraction of sp³-hybridized carbons (Fsp3) is 0.632. The molecule has 1 amide bonds. The number of hydrogen-bond donors (Lipinski definition) is 1. The van der Waals surface area contributed by atoms with Gasteiger partial charge in [0.2, 0.25) is 5.91 Å². The zero-order chi connectivity index (χ0) is 17.6. The molecule has 0 aromatic heterocycles. The Bertz CT molecular complexity index is 541. The van der Waals surface area contributed by atoms with Crippen LogP contribution in [-0.2, 0) is 19.7 Å². The zero-order valence-electron chi connectivity index (χ0n) is 14.8. The van der Waals surface area contributed by atoms with Gasteiger partial charge >= 0.3 is 0 Å². The van der Waals surface area contributed by atoms with Gasteiger partial charge in [0.05, 0.1) is 0 Å². The summed E-state index contributed by atoms with van der Waals surface area (Å²) in [6, 6.07) is 6.66. The predicted octanol–water partition coefficient (Wildman–Crippen LogP) is 3.05. The minimum atomic E-state index is -0.489. The van der Waals surface area contributed by atoms with Crippen molar-refractivity contribution in [3.05, 3.63) is 35.6 Å². The molecule has 1 heterocycles. The number of carbonyl (C=O) groups excluding carboxylic acids is 1. The van der Waals surface area contributed by atoms with Crippen molar-refractivity contribution >= 4 is 5.91 Å². The molecule has 0 unspecified atom stereocenters. The number of amides is 1. The van der Waals surface area contributed by atoms with Crippen LogP contribution in [0.1, 0.15) is 39.2 Å². The molecule has 0 saturated carbocycles. The Kier molecular flexibility index (Phi) is 6.75. The van der Waals surface area contributed by atoms with Crippen LogP contribution in [0.2, 0.25) is 0 Å². The highest BCUT2D eigenvalue weighted by atomic mass is 19.1. The summed E-state index contributed by atoms with van der Waals surface area (Å²) in [7, 11) is 0. The van der Waals surface area contributed by atoms with Crippen LogP contribution in [0.3, 0.4) is 0 Å². The van der Waals surface area contributed by atoms with Gasteiger partial charge in [-0.05, 0) is 43.4 Å². The van der Waals surface area contributed by atoms with Gasteiger partial charge in [-0.1, -0.05) is 26.0 Å². The highest BCUT2D eigenvalue weighted by molar-refractivity contribution is 5.80. The van der Waals surface area contributed by atoms with Crippen molar-refractivity contribution in [1.29, 1.82) is 0 Å². The number of ether oxygens (including phenoxy) is 2. The average Bonchev–Trinajstić information content (AvgIpc) is 2.58. The molecule has 1 fully saturated rings. The van der Waals surface area contributed by atoms with Gasteiger partial charge in [0.25, 0.3) is 0 Å². The number of nitrogens with one attached hydrogen (secondary N) is 1. The molecule has 2 rings (SSSR count). The normalized spacial score (nSPS) is 18.4. The van der Waals surface area contributed by atoms with Crippen LogP contribution in [0.5, 0.6) is 0 Å². The van der Waals surface area contributed by atoms with Gasteiger partial charge in [0, 0.05) is 31.8 Å². The van der Waals surface area contributed by atoms with Gasteiger partial charge in [-0.2, -0.15) is 0 Å². The van der Waals surface area contributed by atoms with E-state index in [4.69, 9.17) is 9.47 Å². The highest BCUT2D eigenvalue weighted by Gasteiger charge is 2.35. The Morgan fingerprint density at radius 2 is 2.04 bits per heavy atom. The van der Waals surface area contributed by atoms with Gasteiger partial charge < -0.3 is 14.8 Å². The third-order valence-corrected chi connectivity index (χ3v) is 4.54. The second kappa shape index (κ2) is 8.58. The lowest BCUT2D eigenvalue weighted by Crippen LogP contribution is -2.47. The molecule has 24 heavy (non-hydrogen) atoms. The van der Waals surface area contributed by atoms with Crippen LogP contribution in [0, 0.1) is 11.7 Å². The van der Waals surface area contributed by atoms with Crippen molar-refractivity contribution in [3.63, 3.8) is 0 Å². The lowest BCUT2D eigenvalue weighted by atomic mass is 9.74. The lowest BCUT2D eigenvalue weighted by molar-refractivity contribution is -0.132. The first kappa shape index (κ1) is 18.9. The van der Waals surface area contributed by atoms with E-state index in [9.17, 15) is 9.18 Å². The van der Waals surface area contributed by atoms with Crippen LogP contribution in [0.25, 0.3) is 0 Å². The van der Waals surface area contributed by atoms with E-state index < -0.39 is 6.10 Å². The van der Waals surface area contributed by atoms with E-state index in [1.54, 1.807) is 19.1 Å². The Hall–Kier alpha value is -1.46.